The van der Waals surface area contributed by atoms with Gasteiger partial charge in [-0.05, 0) is 98.2 Å². The van der Waals surface area contributed by atoms with E-state index in [9.17, 15) is 0 Å². The number of ether oxygens (including phenoxy) is 1. The Bertz CT molecular complexity index is 1670. The lowest BCUT2D eigenvalue weighted by atomic mass is 10.0. The summed E-state index contributed by atoms with van der Waals surface area (Å²) in [5.74, 6) is 7.63. The molecule has 3 aromatic carbocycles. The first-order valence-corrected chi connectivity index (χ1v) is 13.8. The molecule has 2 aromatic heterocycles. The van der Waals surface area contributed by atoms with E-state index in [1.54, 1.807) is 7.11 Å². The Balaban J connectivity index is 1.36. The van der Waals surface area contributed by atoms with E-state index in [1.165, 1.54) is 19.3 Å². The maximum Gasteiger partial charge on any atom is 0.119 e. The molecule has 6 heteroatoms. The molecule has 6 rings (SSSR count). The molecule has 0 bridgehead atoms. The number of piperidine rings is 1. The van der Waals surface area contributed by atoms with E-state index in [0.29, 0.717) is 11.6 Å². The Morgan fingerprint density at radius 3 is 2.64 bits per heavy atom. The van der Waals surface area contributed by atoms with Gasteiger partial charge in [0.2, 0.25) is 0 Å². The van der Waals surface area contributed by atoms with Crippen molar-refractivity contribution in [2.24, 2.45) is 0 Å². The fourth-order valence-electron chi connectivity index (χ4n) is 5.24. The minimum Gasteiger partial charge on any atom is -0.497 e. The zero-order chi connectivity index (χ0) is 26.6. The number of halogens is 1. The minimum atomic E-state index is 0.645. The van der Waals surface area contributed by atoms with Crippen LogP contribution in [0, 0.1) is 11.8 Å². The SMILES string of the molecule is COc1ccc(NCc2cc(-c3c[nH]c4ccc(Cl)cc34)nc3ccc(C#CCN4CCCCC4)cc23)cc1. The number of pyridine rings is 1. The van der Waals surface area contributed by atoms with E-state index >= 15 is 0 Å². The van der Waals surface area contributed by atoms with E-state index < -0.39 is 0 Å². The van der Waals surface area contributed by atoms with Crippen molar-refractivity contribution in [2.45, 2.75) is 25.8 Å². The molecule has 0 aliphatic carbocycles. The molecule has 39 heavy (non-hydrogen) atoms. The number of benzene rings is 3. The normalized spacial score (nSPS) is 13.8. The van der Waals surface area contributed by atoms with Gasteiger partial charge in [-0.15, -0.1) is 0 Å². The summed E-state index contributed by atoms with van der Waals surface area (Å²) in [4.78, 5) is 10.9. The van der Waals surface area contributed by atoms with Crippen molar-refractivity contribution < 1.29 is 4.74 Å². The highest BCUT2D eigenvalue weighted by Crippen LogP contribution is 2.32. The van der Waals surface area contributed by atoms with Crippen molar-refractivity contribution in [3.63, 3.8) is 0 Å². The summed E-state index contributed by atoms with van der Waals surface area (Å²) in [6.07, 6.45) is 5.90. The summed E-state index contributed by atoms with van der Waals surface area (Å²) < 4.78 is 5.31. The number of hydrogen-bond donors (Lipinski definition) is 2. The number of H-pyrrole nitrogens is 1. The molecule has 1 saturated heterocycles. The lowest BCUT2D eigenvalue weighted by Crippen LogP contribution is -2.29. The van der Waals surface area contributed by atoms with Gasteiger partial charge in [0.1, 0.15) is 5.75 Å². The molecule has 0 unspecified atom stereocenters. The van der Waals surface area contributed by atoms with E-state index in [2.05, 4.69) is 51.3 Å². The highest BCUT2D eigenvalue weighted by Gasteiger charge is 2.13. The molecule has 0 saturated carbocycles. The molecule has 0 atom stereocenters. The van der Waals surface area contributed by atoms with Crippen LogP contribution in [-0.2, 0) is 6.54 Å². The number of fused-ring (bicyclic) bond motifs is 2. The molecule has 0 spiro atoms. The van der Waals surface area contributed by atoms with Crippen LogP contribution in [0.1, 0.15) is 30.4 Å². The van der Waals surface area contributed by atoms with Crippen molar-refractivity contribution in [3.05, 3.63) is 89.1 Å². The number of likely N-dealkylation sites (tertiary alicyclic amines) is 1. The molecule has 0 radical (unpaired) electrons. The van der Waals surface area contributed by atoms with Crippen LogP contribution in [0.3, 0.4) is 0 Å². The summed E-state index contributed by atoms with van der Waals surface area (Å²) in [5.41, 5.74) is 7.11. The van der Waals surface area contributed by atoms with Crippen LogP contribution < -0.4 is 10.1 Å². The Labute approximate surface area is 234 Å². The smallest absolute Gasteiger partial charge is 0.119 e. The highest BCUT2D eigenvalue weighted by molar-refractivity contribution is 6.31. The Kier molecular flexibility index (Phi) is 7.40. The third-order valence-corrected chi connectivity index (χ3v) is 7.61. The van der Waals surface area contributed by atoms with Gasteiger partial charge < -0.3 is 15.0 Å². The predicted molar refractivity (Wildman–Crippen MR) is 162 cm³/mol. The summed E-state index contributed by atoms with van der Waals surface area (Å²) in [5, 5.41) is 6.44. The first-order valence-electron chi connectivity index (χ1n) is 13.5. The number of nitrogens with one attached hydrogen (secondary N) is 2. The minimum absolute atomic E-state index is 0.645. The fourth-order valence-corrected chi connectivity index (χ4v) is 5.41. The van der Waals surface area contributed by atoms with Gasteiger partial charge in [-0.25, -0.2) is 4.98 Å². The van der Waals surface area contributed by atoms with E-state index in [1.807, 2.05) is 48.7 Å². The van der Waals surface area contributed by atoms with Crippen molar-refractivity contribution in [1.82, 2.24) is 14.9 Å². The topological polar surface area (TPSA) is 53.2 Å². The average molecular weight is 535 g/mol. The predicted octanol–water partition coefficient (Wildman–Crippen LogP) is 7.49. The Morgan fingerprint density at radius 2 is 1.82 bits per heavy atom. The van der Waals surface area contributed by atoms with Gasteiger partial charge in [0.25, 0.3) is 0 Å². The standard InChI is InChI=1S/C33H31ClN4O/c1-39-27-11-9-26(10-12-27)35-21-24-19-33(30-22-36-31-14-8-25(34)20-29(30)31)37-32-13-7-23(18-28(24)32)6-5-17-38-15-3-2-4-16-38/h7-14,18-20,22,35-36H,2-4,15-17,21H2,1H3. The van der Waals surface area contributed by atoms with Crippen LogP contribution in [0.25, 0.3) is 33.1 Å². The van der Waals surface area contributed by atoms with Gasteiger partial charge >= 0.3 is 0 Å². The zero-order valence-corrected chi connectivity index (χ0v) is 22.8. The number of nitrogens with zero attached hydrogens (tertiary/aromatic N) is 2. The molecular formula is C33H31ClN4O. The van der Waals surface area contributed by atoms with Gasteiger partial charge in [-0.2, -0.15) is 0 Å². The second-order valence-corrected chi connectivity index (χ2v) is 10.4. The van der Waals surface area contributed by atoms with Gasteiger partial charge in [0.15, 0.2) is 0 Å². The fraction of sp³-hybridized carbons (Fsp3) is 0.242. The first kappa shape index (κ1) is 25.3. The number of aromatic nitrogens is 2. The number of rotatable bonds is 6. The maximum absolute atomic E-state index is 6.34. The van der Waals surface area contributed by atoms with Crippen LogP contribution in [0.15, 0.2) is 72.9 Å². The molecular weight excluding hydrogens is 504 g/mol. The number of aromatic amines is 1. The lowest BCUT2D eigenvalue weighted by molar-refractivity contribution is 0.255. The molecule has 5 nitrogen and oxygen atoms in total. The summed E-state index contributed by atoms with van der Waals surface area (Å²) in [6, 6.07) is 22.4. The molecule has 3 heterocycles. The van der Waals surface area contributed by atoms with Crippen LogP contribution in [-0.4, -0.2) is 41.6 Å². The number of hydrogen-bond acceptors (Lipinski definition) is 4. The van der Waals surface area contributed by atoms with Crippen LogP contribution in [0.5, 0.6) is 5.75 Å². The molecule has 0 amide bonds. The van der Waals surface area contributed by atoms with E-state index in [-0.39, 0.29) is 0 Å². The molecule has 1 aliphatic rings. The van der Waals surface area contributed by atoms with Gasteiger partial charge in [0, 0.05) is 50.9 Å². The van der Waals surface area contributed by atoms with Gasteiger partial charge in [0.05, 0.1) is 24.9 Å². The Hall–Kier alpha value is -3.98. The van der Waals surface area contributed by atoms with E-state index in [0.717, 1.165) is 75.3 Å². The molecule has 196 valence electrons. The van der Waals surface area contributed by atoms with Crippen molar-refractivity contribution in [2.75, 3.05) is 32.1 Å². The maximum atomic E-state index is 6.34. The number of anilines is 1. The summed E-state index contributed by atoms with van der Waals surface area (Å²) in [7, 11) is 1.68. The van der Waals surface area contributed by atoms with E-state index in [4.69, 9.17) is 21.3 Å². The summed E-state index contributed by atoms with van der Waals surface area (Å²) >= 11 is 6.34. The van der Waals surface area contributed by atoms with Crippen LogP contribution in [0.2, 0.25) is 5.02 Å². The van der Waals surface area contributed by atoms with Crippen molar-refractivity contribution >= 4 is 39.1 Å². The van der Waals surface area contributed by atoms with Crippen molar-refractivity contribution in [1.29, 1.82) is 0 Å². The zero-order valence-electron chi connectivity index (χ0n) is 22.1. The largest absolute Gasteiger partial charge is 0.497 e. The quantitative estimate of drug-likeness (QED) is 0.221. The number of methoxy groups -OCH3 is 1. The summed E-state index contributed by atoms with van der Waals surface area (Å²) in [6.45, 7) is 3.77. The lowest BCUT2D eigenvalue weighted by Gasteiger charge is -2.23. The van der Waals surface area contributed by atoms with Gasteiger partial charge in [-0.1, -0.05) is 29.9 Å². The van der Waals surface area contributed by atoms with Crippen molar-refractivity contribution in [3.8, 4) is 28.8 Å². The molecule has 2 N–H and O–H groups in total. The van der Waals surface area contributed by atoms with Gasteiger partial charge in [-0.3, -0.25) is 4.90 Å². The Morgan fingerprint density at radius 1 is 0.974 bits per heavy atom. The molecule has 1 aliphatic heterocycles. The van der Waals surface area contributed by atoms with Crippen LogP contribution >= 0.6 is 11.6 Å². The molecule has 5 aromatic rings. The average Bonchev–Trinajstić information content (AvgIpc) is 3.40. The third kappa shape index (κ3) is 5.73. The second kappa shape index (κ2) is 11.4. The molecule has 1 fully saturated rings. The highest BCUT2D eigenvalue weighted by atomic mass is 35.5. The first-order chi connectivity index (χ1) is 19.2. The van der Waals surface area contributed by atoms with Crippen LogP contribution in [0.4, 0.5) is 5.69 Å². The monoisotopic (exact) mass is 534 g/mol. The third-order valence-electron chi connectivity index (χ3n) is 7.37. The second-order valence-electron chi connectivity index (χ2n) is 10.0.